The van der Waals surface area contributed by atoms with Gasteiger partial charge in [-0.25, -0.2) is 0 Å². The highest BCUT2D eigenvalue weighted by Crippen LogP contribution is 2.27. The predicted octanol–water partition coefficient (Wildman–Crippen LogP) is 0.713. The average Bonchev–Trinajstić information content (AvgIpc) is 2.94. The maximum absolute atomic E-state index is 11.7. The fourth-order valence-electron chi connectivity index (χ4n) is 2.89. The Kier molecular flexibility index (Phi) is 3.46. The number of nitrogens with zero attached hydrogens (tertiary/aromatic N) is 1. The summed E-state index contributed by atoms with van der Waals surface area (Å²) in [4.78, 5) is 14.1. The summed E-state index contributed by atoms with van der Waals surface area (Å²) in [5.41, 5.74) is 5.01. The lowest BCUT2D eigenvalue weighted by Gasteiger charge is -2.34. The fourth-order valence-corrected chi connectivity index (χ4v) is 2.89. The van der Waals surface area contributed by atoms with Gasteiger partial charge in [0.1, 0.15) is 5.54 Å². The van der Waals surface area contributed by atoms with E-state index in [1.54, 1.807) is 0 Å². The highest BCUT2D eigenvalue weighted by atomic mass is 16.1. The van der Waals surface area contributed by atoms with Gasteiger partial charge >= 0.3 is 0 Å². The molecule has 1 heterocycles. The lowest BCUT2D eigenvalue weighted by molar-refractivity contribution is -0.124. The van der Waals surface area contributed by atoms with Crippen molar-refractivity contribution in [1.82, 2.24) is 10.2 Å². The van der Waals surface area contributed by atoms with Gasteiger partial charge in [0.05, 0.1) is 0 Å². The summed E-state index contributed by atoms with van der Waals surface area (Å²) in [6.45, 7) is 8.28. The third kappa shape index (κ3) is 2.99. The van der Waals surface area contributed by atoms with Gasteiger partial charge in [0.15, 0.2) is 0 Å². The Balaban J connectivity index is 1.99. The lowest BCUT2D eigenvalue weighted by Crippen LogP contribution is -2.60. The first-order valence-electron chi connectivity index (χ1n) is 6.72. The van der Waals surface area contributed by atoms with Gasteiger partial charge in [-0.05, 0) is 39.0 Å². The molecule has 1 saturated carbocycles. The summed E-state index contributed by atoms with van der Waals surface area (Å²) in [5.74, 6) is 0.499. The molecule has 3 N–H and O–H groups in total. The monoisotopic (exact) mass is 239 g/mol. The molecule has 98 valence electrons. The first kappa shape index (κ1) is 12.8. The van der Waals surface area contributed by atoms with Crippen LogP contribution in [-0.2, 0) is 4.79 Å². The van der Waals surface area contributed by atoms with Crippen molar-refractivity contribution in [2.75, 3.05) is 13.1 Å². The molecule has 17 heavy (non-hydrogen) atoms. The van der Waals surface area contributed by atoms with E-state index >= 15 is 0 Å². The van der Waals surface area contributed by atoms with Gasteiger partial charge < -0.3 is 5.73 Å². The zero-order chi connectivity index (χ0) is 12.6. The average molecular weight is 239 g/mol. The molecule has 4 nitrogen and oxygen atoms in total. The molecule has 2 rings (SSSR count). The first-order valence-corrected chi connectivity index (χ1v) is 6.72. The van der Waals surface area contributed by atoms with Crippen molar-refractivity contribution in [2.45, 2.75) is 57.7 Å². The van der Waals surface area contributed by atoms with Crippen molar-refractivity contribution in [3.8, 4) is 0 Å². The second-order valence-corrected chi connectivity index (χ2v) is 6.23. The first-order chi connectivity index (χ1) is 7.90. The third-order valence-electron chi connectivity index (χ3n) is 4.08. The highest BCUT2D eigenvalue weighted by molar-refractivity contribution is 5.84. The van der Waals surface area contributed by atoms with Crippen molar-refractivity contribution in [2.24, 2.45) is 11.7 Å². The van der Waals surface area contributed by atoms with E-state index in [9.17, 15) is 4.79 Å². The van der Waals surface area contributed by atoms with Gasteiger partial charge in [0.2, 0.25) is 5.91 Å². The van der Waals surface area contributed by atoms with Crippen molar-refractivity contribution < 1.29 is 4.79 Å². The standard InChI is InChI=1S/C13H25N3O/c1-9-6-10(2)16(7-9)8-13(3,12(14)17)15-11-4-5-11/h9-11,15H,4-8H2,1-3H3,(H2,14,17). The Labute approximate surface area is 104 Å². The van der Waals surface area contributed by atoms with Crippen LogP contribution in [0, 0.1) is 5.92 Å². The van der Waals surface area contributed by atoms with Crippen LogP contribution in [-0.4, -0.2) is 41.5 Å². The number of hydrogen-bond acceptors (Lipinski definition) is 3. The molecule has 0 spiro atoms. The van der Waals surface area contributed by atoms with Gasteiger partial charge in [0.25, 0.3) is 0 Å². The van der Waals surface area contributed by atoms with Crippen LogP contribution in [0.1, 0.15) is 40.0 Å². The predicted molar refractivity (Wildman–Crippen MR) is 68.6 cm³/mol. The molecular weight excluding hydrogens is 214 g/mol. The van der Waals surface area contributed by atoms with E-state index in [1.807, 2.05) is 6.92 Å². The smallest absolute Gasteiger partial charge is 0.238 e. The van der Waals surface area contributed by atoms with Crippen LogP contribution < -0.4 is 11.1 Å². The van der Waals surface area contributed by atoms with Crippen molar-refractivity contribution >= 4 is 5.91 Å². The van der Waals surface area contributed by atoms with Crippen LogP contribution in [0.2, 0.25) is 0 Å². The van der Waals surface area contributed by atoms with Gasteiger partial charge in [-0.2, -0.15) is 0 Å². The highest BCUT2D eigenvalue weighted by Gasteiger charge is 2.40. The Morgan fingerprint density at radius 3 is 2.53 bits per heavy atom. The van der Waals surface area contributed by atoms with E-state index in [1.165, 1.54) is 19.3 Å². The van der Waals surface area contributed by atoms with Crippen molar-refractivity contribution in [3.63, 3.8) is 0 Å². The van der Waals surface area contributed by atoms with Gasteiger partial charge in [0, 0.05) is 25.2 Å². The number of amides is 1. The maximum atomic E-state index is 11.7. The molecule has 2 aliphatic rings. The Morgan fingerprint density at radius 2 is 2.12 bits per heavy atom. The van der Waals surface area contributed by atoms with Gasteiger partial charge in [-0.3, -0.25) is 15.0 Å². The van der Waals surface area contributed by atoms with E-state index in [4.69, 9.17) is 5.73 Å². The molecule has 2 fully saturated rings. The van der Waals surface area contributed by atoms with E-state index < -0.39 is 5.54 Å². The number of rotatable bonds is 5. The van der Waals surface area contributed by atoms with E-state index in [0.29, 0.717) is 12.1 Å². The van der Waals surface area contributed by atoms with Crippen LogP contribution in [0.5, 0.6) is 0 Å². The molecule has 0 bridgehead atoms. The number of nitrogens with two attached hydrogens (primary N) is 1. The molecule has 0 aromatic heterocycles. The topological polar surface area (TPSA) is 58.4 Å². The summed E-state index contributed by atoms with van der Waals surface area (Å²) in [5, 5.41) is 3.41. The summed E-state index contributed by atoms with van der Waals surface area (Å²) in [6, 6.07) is 1.06. The summed E-state index contributed by atoms with van der Waals surface area (Å²) in [6.07, 6.45) is 3.57. The molecule has 1 aliphatic heterocycles. The number of hydrogen-bond donors (Lipinski definition) is 2. The number of carbonyl (C=O) groups excluding carboxylic acids is 1. The summed E-state index contributed by atoms with van der Waals surface area (Å²) < 4.78 is 0. The maximum Gasteiger partial charge on any atom is 0.238 e. The molecule has 1 aliphatic carbocycles. The van der Waals surface area contributed by atoms with Gasteiger partial charge in [-0.1, -0.05) is 6.92 Å². The third-order valence-corrected chi connectivity index (χ3v) is 4.08. The zero-order valence-electron chi connectivity index (χ0n) is 11.2. The minimum Gasteiger partial charge on any atom is -0.368 e. The second-order valence-electron chi connectivity index (χ2n) is 6.23. The van der Waals surface area contributed by atoms with Crippen LogP contribution in [0.4, 0.5) is 0 Å². The molecule has 0 radical (unpaired) electrons. The number of primary amides is 1. The minimum atomic E-state index is -0.570. The molecule has 1 saturated heterocycles. The largest absolute Gasteiger partial charge is 0.368 e. The molecule has 3 unspecified atom stereocenters. The van der Waals surface area contributed by atoms with E-state index in [-0.39, 0.29) is 5.91 Å². The van der Waals surface area contributed by atoms with Gasteiger partial charge in [-0.15, -0.1) is 0 Å². The normalized spacial score (nSPS) is 33.6. The molecule has 1 amide bonds. The van der Waals surface area contributed by atoms with Crippen molar-refractivity contribution in [3.05, 3.63) is 0 Å². The zero-order valence-corrected chi connectivity index (χ0v) is 11.2. The Morgan fingerprint density at radius 1 is 1.47 bits per heavy atom. The van der Waals surface area contributed by atoms with E-state index in [0.717, 1.165) is 19.0 Å². The van der Waals surface area contributed by atoms with Crippen molar-refractivity contribution in [1.29, 1.82) is 0 Å². The quantitative estimate of drug-likeness (QED) is 0.743. The summed E-state index contributed by atoms with van der Waals surface area (Å²) in [7, 11) is 0. The van der Waals surface area contributed by atoms with Crippen LogP contribution >= 0.6 is 0 Å². The van der Waals surface area contributed by atoms with Crippen LogP contribution in [0.3, 0.4) is 0 Å². The molecule has 0 aromatic carbocycles. The number of nitrogens with one attached hydrogen (secondary N) is 1. The van der Waals surface area contributed by atoms with Crippen LogP contribution in [0.25, 0.3) is 0 Å². The van der Waals surface area contributed by atoms with Crippen LogP contribution in [0.15, 0.2) is 0 Å². The summed E-state index contributed by atoms with van der Waals surface area (Å²) >= 11 is 0. The molecule has 0 aromatic rings. The SMILES string of the molecule is CC1CC(C)N(CC(C)(NC2CC2)C(N)=O)C1. The second kappa shape index (κ2) is 4.58. The number of likely N-dealkylation sites (tertiary alicyclic amines) is 1. The fraction of sp³-hybridized carbons (Fsp3) is 0.923. The molecule has 3 atom stereocenters. The number of carbonyl (C=O) groups is 1. The minimum absolute atomic E-state index is 0.226. The molecular formula is C13H25N3O. The van der Waals surface area contributed by atoms with E-state index in [2.05, 4.69) is 24.1 Å². The Bertz CT molecular complexity index is 303. The Hall–Kier alpha value is -0.610. The molecule has 4 heteroatoms. The lowest BCUT2D eigenvalue weighted by atomic mass is 10.00.